The largest absolute Gasteiger partial charge is 0.490 e. The molecule has 2 aliphatic heterocycles. The summed E-state index contributed by atoms with van der Waals surface area (Å²) in [4.78, 5) is 0. The lowest BCUT2D eigenvalue weighted by molar-refractivity contribution is 0.0262. The van der Waals surface area contributed by atoms with Crippen molar-refractivity contribution in [2.75, 3.05) is 26.3 Å². The molecule has 0 aromatic heterocycles. The van der Waals surface area contributed by atoms with E-state index in [1.54, 1.807) is 0 Å². The molecule has 2 heterocycles. The first-order valence-electron chi connectivity index (χ1n) is 8.88. The summed E-state index contributed by atoms with van der Waals surface area (Å²) < 4.78 is 11.8. The molecule has 0 spiro atoms. The van der Waals surface area contributed by atoms with Crippen molar-refractivity contribution in [1.29, 1.82) is 0 Å². The molecule has 0 amide bonds. The van der Waals surface area contributed by atoms with Gasteiger partial charge in [0, 0.05) is 18.2 Å². The maximum absolute atomic E-state index is 6.32. The summed E-state index contributed by atoms with van der Waals surface area (Å²) in [5, 5.41) is 6.09. The van der Waals surface area contributed by atoms with Gasteiger partial charge in [-0.15, -0.1) is 0 Å². The van der Waals surface area contributed by atoms with Crippen LogP contribution in [-0.4, -0.2) is 32.4 Å². The van der Waals surface area contributed by atoms with Gasteiger partial charge in [0.1, 0.15) is 11.9 Å². The van der Waals surface area contributed by atoms with E-state index in [0.717, 1.165) is 44.9 Å². The zero-order valence-electron chi connectivity index (χ0n) is 13.6. The van der Waals surface area contributed by atoms with E-state index in [9.17, 15) is 0 Å². The van der Waals surface area contributed by atoms with Gasteiger partial charge in [-0.25, -0.2) is 0 Å². The SMILES string of the molecule is c1ccc2c(C3CCNCC3)ccc(OC3CCOCC3)c2c1. The lowest BCUT2D eigenvalue weighted by Gasteiger charge is -2.27. The molecule has 1 N–H and O–H groups in total. The molecule has 2 aromatic carbocycles. The third-order valence-corrected chi connectivity index (χ3v) is 5.16. The molecule has 0 radical (unpaired) electrons. The number of nitrogens with one attached hydrogen (secondary N) is 1. The van der Waals surface area contributed by atoms with Crippen molar-refractivity contribution in [1.82, 2.24) is 5.32 Å². The van der Waals surface area contributed by atoms with Crippen LogP contribution in [0.2, 0.25) is 0 Å². The van der Waals surface area contributed by atoms with E-state index in [2.05, 4.69) is 41.7 Å². The van der Waals surface area contributed by atoms with Crippen molar-refractivity contribution < 1.29 is 9.47 Å². The first-order chi connectivity index (χ1) is 11.4. The first kappa shape index (κ1) is 15.0. The molecule has 3 heteroatoms. The third kappa shape index (κ3) is 3.22. The van der Waals surface area contributed by atoms with E-state index in [0.29, 0.717) is 5.92 Å². The normalized spacial score (nSPS) is 20.7. The van der Waals surface area contributed by atoms with E-state index in [4.69, 9.17) is 9.47 Å². The monoisotopic (exact) mass is 311 g/mol. The fourth-order valence-corrected chi connectivity index (χ4v) is 3.86. The van der Waals surface area contributed by atoms with E-state index in [1.165, 1.54) is 29.2 Å². The van der Waals surface area contributed by atoms with Crippen molar-refractivity contribution in [3.05, 3.63) is 42.0 Å². The van der Waals surface area contributed by atoms with Crippen LogP contribution in [0.3, 0.4) is 0 Å². The summed E-state index contributed by atoms with van der Waals surface area (Å²) in [5.41, 5.74) is 1.49. The summed E-state index contributed by atoms with van der Waals surface area (Å²) in [6.07, 6.45) is 4.72. The van der Waals surface area contributed by atoms with Crippen LogP contribution >= 0.6 is 0 Å². The van der Waals surface area contributed by atoms with Crippen LogP contribution in [0.15, 0.2) is 36.4 Å². The number of ether oxygens (including phenoxy) is 2. The van der Waals surface area contributed by atoms with Gasteiger partial charge in [-0.3, -0.25) is 0 Å². The van der Waals surface area contributed by atoms with Crippen molar-refractivity contribution in [2.45, 2.75) is 37.7 Å². The molecule has 0 saturated carbocycles. The van der Waals surface area contributed by atoms with Crippen LogP contribution in [0.1, 0.15) is 37.2 Å². The summed E-state index contributed by atoms with van der Waals surface area (Å²) in [5.74, 6) is 1.70. The highest BCUT2D eigenvalue weighted by atomic mass is 16.5. The van der Waals surface area contributed by atoms with Crippen LogP contribution in [0.5, 0.6) is 5.75 Å². The second-order valence-electron chi connectivity index (χ2n) is 6.65. The highest BCUT2D eigenvalue weighted by molar-refractivity contribution is 5.91. The quantitative estimate of drug-likeness (QED) is 0.933. The van der Waals surface area contributed by atoms with Crippen molar-refractivity contribution in [3.63, 3.8) is 0 Å². The fraction of sp³-hybridized carbons (Fsp3) is 0.500. The Morgan fingerprint density at radius 3 is 2.39 bits per heavy atom. The maximum atomic E-state index is 6.32. The van der Waals surface area contributed by atoms with Gasteiger partial charge in [-0.1, -0.05) is 30.3 Å². The highest BCUT2D eigenvalue weighted by Crippen LogP contribution is 2.36. The van der Waals surface area contributed by atoms with Gasteiger partial charge in [-0.05, 0) is 48.9 Å². The second-order valence-corrected chi connectivity index (χ2v) is 6.65. The molecule has 122 valence electrons. The predicted octanol–water partition coefficient (Wildman–Crippen LogP) is 3.86. The summed E-state index contributed by atoms with van der Waals surface area (Å²) in [6, 6.07) is 13.2. The average Bonchev–Trinajstić information content (AvgIpc) is 2.64. The van der Waals surface area contributed by atoms with E-state index in [1.807, 2.05) is 0 Å². The molecule has 2 fully saturated rings. The summed E-state index contributed by atoms with van der Waals surface area (Å²) in [7, 11) is 0. The van der Waals surface area contributed by atoms with Gasteiger partial charge >= 0.3 is 0 Å². The molecule has 23 heavy (non-hydrogen) atoms. The lowest BCUT2D eigenvalue weighted by atomic mass is 9.87. The lowest BCUT2D eigenvalue weighted by Crippen LogP contribution is -2.27. The predicted molar refractivity (Wildman–Crippen MR) is 93.3 cm³/mol. The number of hydrogen-bond acceptors (Lipinski definition) is 3. The van der Waals surface area contributed by atoms with Crippen molar-refractivity contribution in [2.24, 2.45) is 0 Å². The Balaban J connectivity index is 1.67. The Hall–Kier alpha value is -1.58. The third-order valence-electron chi connectivity index (χ3n) is 5.16. The highest BCUT2D eigenvalue weighted by Gasteiger charge is 2.20. The summed E-state index contributed by atoms with van der Waals surface area (Å²) >= 11 is 0. The number of fused-ring (bicyclic) bond motifs is 1. The van der Waals surface area contributed by atoms with Crippen LogP contribution in [0, 0.1) is 0 Å². The van der Waals surface area contributed by atoms with Gasteiger partial charge in [0.25, 0.3) is 0 Å². The molecule has 0 aliphatic carbocycles. The molecule has 0 bridgehead atoms. The van der Waals surface area contributed by atoms with Crippen LogP contribution in [0.25, 0.3) is 10.8 Å². The molecule has 2 aromatic rings. The molecule has 0 atom stereocenters. The zero-order chi connectivity index (χ0) is 15.5. The maximum Gasteiger partial charge on any atom is 0.127 e. The second kappa shape index (κ2) is 6.90. The molecule has 4 rings (SSSR count). The smallest absolute Gasteiger partial charge is 0.127 e. The molecular formula is C20H25NO2. The van der Waals surface area contributed by atoms with Gasteiger partial charge in [0.05, 0.1) is 13.2 Å². The van der Waals surface area contributed by atoms with E-state index < -0.39 is 0 Å². The summed E-state index contributed by atoms with van der Waals surface area (Å²) in [6.45, 7) is 3.88. The number of hydrogen-bond donors (Lipinski definition) is 1. The minimum absolute atomic E-state index is 0.289. The van der Waals surface area contributed by atoms with Crippen LogP contribution in [-0.2, 0) is 4.74 Å². The topological polar surface area (TPSA) is 30.5 Å². The number of rotatable bonds is 3. The van der Waals surface area contributed by atoms with Gasteiger partial charge in [-0.2, -0.15) is 0 Å². The first-order valence-corrected chi connectivity index (χ1v) is 8.88. The Kier molecular flexibility index (Phi) is 4.49. The van der Waals surface area contributed by atoms with Crippen LogP contribution in [0.4, 0.5) is 0 Å². The van der Waals surface area contributed by atoms with Gasteiger partial charge in [0.15, 0.2) is 0 Å². The zero-order valence-corrected chi connectivity index (χ0v) is 13.6. The minimum Gasteiger partial charge on any atom is -0.490 e. The molecule has 2 saturated heterocycles. The molecule has 3 nitrogen and oxygen atoms in total. The van der Waals surface area contributed by atoms with Gasteiger partial charge in [0.2, 0.25) is 0 Å². The Morgan fingerprint density at radius 1 is 0.870 bits per heavy atom. The van der Waals surface area contributed by atoms with Gasteiger partial charge < -0.3 is 14.8 Å². The fourth-order valence-electron chi connectivity index (χ4n) is 3.86. The number of benzene rings is 2. The van der Waals surface area contributed by atoms with Crippen molar-refractivity contribution in [3.8, 4) is 5.75 Å². The minimum atomic E-state index is 0.289. The molecular weight excluding hydrogens is 286 g/mol. The Bertz CT molecular complexity index is 658. The van der Waals surface area contributed by atoms with Crippen LogP contribution < -0.4 is 10.1 Å². The molecule has 2 aliphatic rings. The van der Waals surface area contributed by atoms with Crippen molar-refractivity contribution >= 4 is 10.8 Å². The Morgan fingerprint density at radius 2 is 1.61 bits per heavy atom. The standard InChI is InChI=1S/C20H25NO2/c1-2-4-19-18(3-1)17(15-7-11-21-12-8-15)5-6-20(19)23-16-9-13-22-14-10-16/h1-6,15-16,21H,7-14H2. The molecule has 0 unspecified atom stereocenters. The Labute approximate surface area is 138 Å². The van der Waals surface area contributed by atoms with E-state index >= 15 is 0 Å². The number of piperidine rings is 1. The van der Waals surface area contributed by atoms with E-state index in [-0.39, 0.29) is 6.10 Å². The average molecular weight is 311 g/mol.